The maximum Gasteiger partial charge on any atom is 0.261 e. The van der Waals surface area contributed by atoms with Crippen LogP contribution < -0.4 is 5.32 Å². The molecule has 1 atom stereocenters. The number of nitrogens with one attached hydrogen (secondary N) is 1. The molecule has 1 saturated heterocycles. The van der Waals surface area contributed by atoms with Gasteiger partial charge in [-0.1, -0.05) is 26.8 Å². The molecule has 3 rings (SSSR count). The molecule has 0 aliphatic carbocycles. The van der Waals surface area contributed by atoms with Gasteiger partial charge in [-0.25, -0.2) is 4.98 Å². The number of rotatable bonds is 5. The molecule has 1 aliphatic heterocycles. The zero-order valence-electron chi connectivity index (χ0n) is 16.4. The summed E-state index contributed by atoms with van der Waals surface area (Å²) in [6.45, 7) is 8.15. The number of likely N-dealkylation sites (tertiary alicyclic amines) is 1. The minimum atomic E-state index is -0.395. The number of hydrogen-bond acceptors (Lipinski definition) is 5. The second kappa shape index (κ2) is 7.94. The number of ether oxygens (including phenoxy) is 1. The van der Waals surface area contributed by atoms with Crippen LogP contribution in [0.15, 0.2) is 18.3 Å². The van der Waals surface area contributed by atoms with E-state index in [2.05, 4.69) is 10.3 Å². The summed E-state index contributed by atoms with van der Waals surface area (Å²) in [4.78, 5) is 33.4. The summed E-state index contributed by atoms with van der Waals surface area (Å²) in [5, 5.41) is 3.94. The first kappa shape index (κ1) is 19.8. The molecule has 6 nitrogen and oxygen atoms in total. The SMILES string of the molecule is COCCNC(=O)c1sc2ncccc2c1[C@@H]1CCN(C(=O)C(C)(C)C)C1. The highest BCUT2D eigenvalue weighted by atomic mass is 32.1. The van der Waals surface area contributed by atoms with E-state index in [-0.39, 0.29) is 17.7 Å². The number of methoxy groups -OCH3 is 1. The van der Waals surface area contributed by atoms with Crippen LogP contribution in [0.5, 0.6) is 0 Å². The van der Waals surface area contributed by atoms with E-state index in [4.69, 9.17) is 4.74 Å². The summed E-state index contributed by atoms with van der Waals surface area (Å²) < 4.78 is 5.02. The highest BCUT2D eigenvalue weighted by Crippen LogP contribution is 2.40. The van der Waals surface area contributed by atoms with Crippen LogP contribution in [0.3, 0.4) is 0 Å². The van der Waals surface area contributed by atoms with E-state index in [9.17, 15) is 9.59 Å². The number of aromatic nitrogens is 1. The predicted molar refractivity (Wildman–Crippen MR) is 107 cm³/mol. The van der Waals surface area contributed by atoms with Crippen molar-refractivity contribution < 1.29 is 14.3 Å². The molecule has 0 radical (unpaired) electrons. The minimum absolute atomic E-state index is 0.0920. The number of pyridine rings is 1. The van der Waals surface area contributed by atoms with Crippen molar-refractivity contribution in [2.75, 3.05) is 33.4 Å². The number of amides is 2. The van der Waals surface area contributed by atoms with Gasteiger partial charge in [0.2, 0.25) is 5.91 Å². The van der Waals surface area contributed by atoms with Crippen molar-refractivity contribution in [3.63, 3.8) is 0 Å². The van der Waals surface area contributed by atoms with Gasteiger partial charge in [0.1, 0.15) is 4.83 Å². The lowest BCUT2D eigenvalue weighted by atomic mass is 9.94. The largest absolute Gasteiger partial charge is 0.383 e. The molecule has 2 aromatic rings. The van der Waals surface area contributed by atoms with Gasteiger partial charge in [0.05, 0.1) is 11.5 Å². The highest BCUT2D eigenvalue weighted by Gasteiger charge is 2.36. The highest BCUT2D eigenvalue weighted by molar-refractivity contribution is 7.20. The molecule has 0 aromatic carbocycles. The van der Waals surface area contributed by atoms with Crippen LogP contribution in [0.1, 0.15) is 48.3 Å². The van der Waals surface area contributed by atoms with Gasteiger partial charge < -0.3 is 15.0 Å². The third-order valence-electron chi connectivity index (χ3n) is 4.83. The number of hydrogen-bond donors (Lipinski definition) is 1. The fraction of sp³-hybridized carbons (Fsp3) is 0.550. The fourth-order valence-electron chi connectivity index (χ4n) is 3.53. The molecule has 146 valence electrons. The summed E-state index contributed by atoms with van der Waals surface area (Å²) >= 11 is 1.42. The molecule has 2 aromatic heterocycles. The molecule has 27 heavy (non-hydrogen) atoms. The number of fused-ring (bicyclic) bond motifs is 1. The normalized spacial score (nSPS) is 17.5. The Kier molecular flexibility index (Phi) is 5.81. The van der Waals surface area contributed by atoms with Gasteiger partial charge in [-0.15, -0.1) is 11.3 Å². The third kappa shape index (κ3) is 4.14. The van der Waals surface area contributed by atoms with Gasteiger partial charge in [-0.2, -0.15) is 0 Å². The van der Waals surface area contributed by atoms with Crippen molar-refractivity contribution in [2.24, 2.45) is 5.41 Å². The third-order valence-corrected chi connectivity index (χ3v) is 5.96. The second-order valence-corrected chi connectivity index (χ2v) is 8.94. The van der Waals surface area contributed by atoms with Gasteiger partial charge in [-0.3, -0.25) is 9.59 Å². The summed E-state index contributed by atoms with van der Waals surface area (Å²) in [5.74, 6) is 0.219. The van der Waals surface area contributed by atoms with Crippen LogP contribution in [0.4, 0.5) is 0 Å². The smallest absolute Gasteiger partial charge is 0.261 e. The van der Waals surface area contributed by atoms with E-state index < -0.39 is 5.41 Å². The first-order valence-corrected chi connectivity index (χ1v) is 10.1. The van der Waals surface area contributed by atoms with Crippen molar-refractivity contribution in [1.82, 2.24) is 15.2 Å². The lowest BCUT2D eigenvalue weighted by Crippen LogP contribution is -2.37. The summed E-state index contributed by atoms with van der Waals surface area (Å²) in [5.41, 5.74) is 0.635. The van der Waals surface area contributed by atoms with Gasteiger partial charge in [-0.05, 0) is 18.1 Å². The monoisotopic (exact) mass is 389 g/mol. The molecular weight excluding hydrogens is 362 g/mol. The summed E-state index contributed by atoms with van der Waals surface area (Å²) in [7, 11) is 1.61. The van der Waals surface area contributed by atoms with Crippen LogP contribution in [-0.2, 0) is 9.53 Å². The van der Waals surface area contributed by atoms with Gasteiger partial charge in [0.25, 0.3) is 5.91 Å². The average molecular weight is 390 g/mol. The minimum Gasteiger partial charge on any atom is -0.383 e. The first-order chi connectivity index (χ1) is 12.8. The van der Waals surface area contributed by atoms with Crippen molar-refractivity contribution >= 4 is 33.4 Å². The predicted octanol–water partition coefficient (Wildman–Crippen LogP) is 3.03. The van der Waals surface area contributed by atoms with Crippen LogP contribution in [-0.4, -0.2) is 55.0 Å². The van der Waals surface area contributed by atoms with E-state index >= 15 is 0 Å². The molecular formula is C20H27N3O3S. The Hall–Kier alpha value is -1.99. The van der Waals surface area contributed by atoms with Crippen molar-refractivity contribution in [1.29, 1.82) is 0 Å². The van der Waals surface area contributed by atoms with Gasteiger partial charge in [0.15, 0.2) is 0 Å². The molecule has 3 heterocycles. The standard InChI is InChI=1S/C20H27N3O3S/c1-20(2,3)19(25)23-10-7-13(12-23)15-14-6-5-8-22-18(14)27-16(15)17(24)21-9-11-26-4/h5-6,8,13H,7,9-12H2,1-4H3,(H,21,24)/t13-/m1/s1. The Morgan fingerprint density at radius 1 is 1.41 bits per heavy atom. The first-order valence-electron chi connectivity index (χ1n) is 9.27. The average Bonchev–Trinajstić information content (AvgIpc) is 3.24. The van der Waals surface area contributed by atoms with E-state index in [1.165, 1.54) is 11.3 Å². The molecule has 1 aliphatic rings. The van der Waals surface area contributed by atoms with E-state index in [0.29, 0.717) is 24.6 Å². The van der Waals surface area contributed by atoms with E-state index in [1.54, 1.807) is 13.3 Å². The molecule has 1 N–H and O–H groups in total. The zero-order valence-corrected chi connectivity index (χ0v) is 17.2. The fourth-order valence-corrected chi connectivity index (χ4v) is 4.67. The van der Waals surface area contributed by atoms with E-state index in [0.717, 1.165) is 28.7 Å². The summed E-state index contributed by atoms with van der Waals surface area (Å²) in [6, 6.07) is 3.92. The maximum absolute atomic E-state index is 12.8. The summed E-state index contributed by atoms with van der Waals surface area (Å²) in [6.07, 6.45) is 2.61. The van der Waals surface area contributed by atoms with Crippen LogP contribution >= 0.6 is 11.3 Å². The number of carbonyl (C=O) groups excluding carboxylic acids is 2. The maximum atomic E-state index is 12.8. The van der Waals surface area contributed by atoms with E-state index in [1.807, 2.05) is 37.8 Å². The molecule has 0 spiro atoms. The number of carbonyl (C=O) groups is 2. The van der Waals surface area contributed by atoms with Gasteiger partial charge >= 0.3 is 0 Å². The lowest BCUT2D eigenvalue weighted by molar-refractivity contribution is -0.138. The lowest BCUT2D eigenvalue weighted by Gasteiger charge is -2.25. The van der Waals surface area contributed by atoms with Crippen LogP contribution in [0, 0.1) is 5.41 Å². The van der Waals surface area contributed by atoms with Crippen molar-refractivity contribution in [2.45, 2.75) is 33.1 Å². The Morgan fingerprint density at radius 3 is 2.89 bits per heavy atom. The topological polar surface area (TPSA) is 71.5 Å². The Bertz CT molecular complexity index is 841. The van der Waals surface area contributed by atoms with Crippen LogP contribution in [0.2, 0.25) is 0 Å². The van der Waals surface area contributed by atoms with Crippen molar-refractivity contribution in [3.05, 3.63) is 28.8 Å². The molecule has 1 fully saturated rings. The molecule has 0 unspecified atom stereocenters. The van der Waals surface area contributed by atoms with Crippen LogP contribution in [0.25, 0.3) is 10.2 Å². The quantitative estimate of drug-likeness (QED) is 0.798. The molecule has 7 heteroatoms. The molecule has 0 bridgehead atoms. The Morgan fingerprint density at radius 2 is 2.19 bits per heavy atom. The number of nitrogens with zero attached hydrogens (tertiary/aromatic N) is 2. The molecule has 0 saturated carbocycles. The number of thiophene rings is 1. The van der Waals surface area contributed by atoms with Gasteiger partial charge in [0, 0.05) is 49.7 Å². The Balaban J connectivity index is 1.90. The second-order valence-electron chi connectivity index (χ2n) is 7.94. The van der Waals surface area contributed by atoms with Crippen molar-refractivity contribution in [3.8, 4) is 0 Å². The Labute approximate surface area is 163 Å². The molecule has 2 amide bonds. The zero-order chi connectivity index (χ0) is 19.6.